The first-order valence-electron chi connectivity index (χ1n) is 14.5. The smallest absolute Gasteiger partial charge is 0.434 e. The fraction of sp³-hybridized carbons (Fsp3) is 0.379. The number of nitrogens with zero attached hydrogens (tertiary/aromatic N) is 9. The van der Waals surface area contributed by atoms with E-state index < -0.39 is 22.9 Å². The van der Waals surface area contributed by atoms with Gasteiger partial charge in [0.25, 0.3) is 0 Å². The molecule has 0 aromatic carbocycles. The molecule has 1 amide bonds. The molecule has 240 valence electrons. The van der Waals surface area contributed by atoms with Crippen LogP contribution in [-0.2, 0) is 34.9 Å². The van der Waals surface area contributed by atoms with Crippen LogP contribution >= 0.6 is 0 Å². The van der Waals surface area contributed by atoms with Crippen molar-refractivity contribution in [1.82, 2.24) is 33.1 Å². The molecule has 0 N–H and O–H groups in total. The van der Waals surface area contributed by atoms with Crippen molar-refractivity contribution < 1.29 is 28.7 Å². The van der Waals surface area contributed by atoms with Crippen molar-refractivity contribution in [3.05, 3.63) is 74.5 Å². The number of carbonyl (C=O) groups is 2. The molecule has 1 aliphatic rings. The van der Waals surface area contributed by atoms with Gasteiger partial charge in [-0.3, -0.25) is 13.5 Å². The van der Waals surface area contributed by atoms with Gasteiger partial charge in [0.15, 0.2) is 18.0 Å². The van der Waals surface area contributed by atoms with Crippen LogP contribution in [0.15, 0.2) is 41.7 Å². The fourth-order valence-corrected chi connectivity index (χ4v) is 5.62. The average Bonchev–Trinajstić information content (AvgIpc) is 3.70. The summed E-state index contributed by atoms with van der Waals surface area (Å²) in [6, 6.07) is 3.23. The number of carbonyl (C=O) groups excluding carboxylic acids is 2. The van der Waals surface area contributed by atoms with Crippen LogP contribution in [0.3, 0.4) is 0 Å². The van der Waals surface area contributed by atoms with Crippen LogP contribution in [0, 0.1) is 17.0 Å². The van der Waals surface area contributed by atoms with E-state index in [-0.39, 0.29) is 42.2 Å². The Kier molecular flexibility index (Phi) is 7.99. The summed E-state index contributed by atoms with van der Waals surface area (Å²) in [5, 5.41) is 11.3. The lowest BCUT2D eigenvalue weighted by molar-refractivity contribution is -0.396. The second kappa shape index (κ2) is 12.1. The van der Waals surface area contributed by atoms with Gasteiger partial charge in [-0.25, -0.2) is 33.8 Å². The molecule has 1 aliphatic heterocycles. The lowest BCUT2D eigenvalue weighted by Crippen LogP contribution is -2.30. The largest absolute Gasteiger partial charge is 0.461 e. The average molecular weight is 634 g/mol. The van der Waals surface area contributed by atoms with Gasteiger partial charge < -0.3 is 24.3 Å². The highest BCUT2D eigenvalue weighted by atomic mass is 16.6. The number of ether oxygens (including phenoxy) is 3. The van der Waals surface area contributed by atoms with Crippen molar-refractivity contribution in [2.75, 3.05) is 24.7 Å². The Labute approximate surface area is 260 Å². The van der Waals surface area contributed by atoms with Crippen molar-refractivity contribution in [2.45, 2.75) is 39.3 Å². The molecule has 6 heterocycles. The summed E-state index contributed by atoms with van der Waals surface area (Å²) in [6.45, 7) is 4.30. The summed E-state index contributed by atoms with van der Waals surface area (Å²) in [7, 11) is 3.11. The van der Waals surface area contributed by atoms with E-state index in [1.807, 2.05) is 0 Å². The fourth-order valence-electron chi connectivity index (χ4n) is 5.62. The Bertz CT molecular complexity index is 2050. The standard InChI is InChI=1S/C29H31N9O8/c1-5-45-26(39)22-14-30-24-10-17(2)23(15-35(22)24)37(29(41)46-16-19-12-32-27(33(19)3)38(42)43)25-11-20-21(13-31-25)34(4)28(40)36(20)18-6-8-44-9-7-18/h10-15,18H,5-9,16H2,1-4H3. The molecule has 5 aromatic rings. The van der Waals surface area contributed by atoms with Crippen LogP contribution in [0.4, 0.5) is 22.2 Å². The molecule has 46 heavy (non-hydrogen) atoms. The van der Waals surface area contributed by atoms with Crippen LogP contribution in [0.25, 0.3) is 16.7 Å². The minimum atomic E-state index is -0.869. The van der Waals surface area contributed by atoms with Gasteiger partial charge in [0, 0.05) is 38.6 Å². The van der Waals surface area contributed by atoms with Crippen molar-refractivity contribution >= 4 is 46.2 Å². The number of aromatic nitrogens is 7. The van der Waals surface area contributed by atoms with E-state index in [1.54, 1.807) is 43.8 Å². The van der Waals surface area contributed by atoms with Crippen LogP contribution in [0.2, 0.25) is 0 Å². The maximum absolute atomic E-state index is 14.0. The predicted octanol–water partition coefficient (Wildman–Crippen LogP) is 3.34. The SMILES string of the molecule is CCOC(=O)c1cnc2cc(C)c(N(C(=O)OCc3cnc([N+](=O)[O-])n3C)c3cc4c(cn3)n(C)c(=O)n4C3CCOCC3)cn12. The summed E-state index contributed by atoms with van der Waals surface area (Å²) in [5.41, 5.74) is 2.69. The number of hydrogen-bond acceptors (Lipinski definition) is 11. The Morgan fingerprint density at radius 3 is 2.52 bits per heavy atom. The van der Waals surface area contributed by atoms with Gasteiger partial charge in [-0.15, -0.1) is 0 Å². The van der Waals surface area contributed by atoms with E-state index in [0.717, 1.165) is 0 Å². The highest BCUT2D eigenvalue weighted by molar-refractivity contribution is 5.98. The Balaban J connectivity index is 1.48. The first kappa shape index (κ1) is 30.4. The van der Waals surface area contributed by atoms with Gasteiger partial charge in [-0.05, 0) is 43.2 Å². The summed E-state index contributed by atoms with van der Waals surface area (Å²) in [4.78, 5) is 64.6. The third-order valence-corrected chi connectivity index (χ3v) is 8.05. The van der Waals surface area contributed by atoms with E-state index in [1.165, 1.54) is 44.1 Å². The minimum Gasteiger partial charge on any atom is -0.461 e. The molecule has 0 radical (unpaired) electrons. The van der Waals surface area contributed by atoms with E-state index >= 15 is 0 Å². The number of fused-ring (bicyclic) bond motifs is 2. The zero-order valence-corrected chi connectivity index (χ0v) is 25.6. The van der Waals surface area contributed by atoms with Crippen LogP contribution in [-0.4, -0.2) is 69.9 Å². The number of nitro groups is 1. The Hall–Kier alpha value is -5.58. The molecule has 0 spiro atoms. The maximum atomic E-state index is 14.0. The van der Waals surface area contributed by atoms with Crippen LogP contribution in [0.1, 0.15) is 47.6 Å². The van der Waals surface area contributed by atoms with E-state index in [0.29, 0.717) is 54.0 Å². The molecule has 5 aromatic heterocycles. The summed E-state index contributed by atoms with van der Waals surface area (Å²) >= 11 is 0. The molecule has 0 saturated carbocycles. The number of pyridine rings is 2. The summed E-state index contributed by atoms with van der Waals surface area (Å²) < 4.78 is 22.3. The lowest BCUT2D eigenvalue weighted by Gasteiger charge is -2.25. The van der Waals surface area contributed by atoms with Gasteiger partial charge in [-0.1, -0.05) is 4.98 Å². The van der Waals surface area contributed by atoms with Gasteiger partial charge in [0.1, 0.15) is 17.7 Å². The number of amides is 1. The summed E-state index contributed by atoms with van der Waals surface area (Å²) in [6.07, 6.45) is 6.13. The first-order chi connectivity index (χ1) is 22.1. The van der Waals surface area contributed by atoms with Gasteiger partial charge in [-0.2, -0.15) is 0 Å². The third-order valence-electron chi connectivity index (χ3n) is 8.05. The van der Waals surface area contributed by atoms with E-state index in [2.05, 4.69) is 15.0 Å². The molecule has 1 fully saturated rings. The number of anilines is 2. The Morgan fingerprint density at radius 2 is 1.83 bits per heavy atom. The highest BCUT2D eigenvalue weighted by Crippen LogP contribution is 2.33. The quantitative estimate of drug-likeness (QED) is 0.139. The molecule has 17 nitrogen and oxygen atoms in total. The lowest BCUT2D eigenvalue weighted by atomic mass is 10.1. The third kappa shape index (κ3) is 5.23. The first-order valence-corrected chi connectivity index (χ1v) is 14.5. The van der Waals surface area contributed by atoms with Crippen LogP contribution in [0.5, 0.6) is 0 Å². The molecule has 0 atom stereocenters. The molecule has 0 unspecified atom stereocenters. The van der Waals surface area contributed by atoms with Crippen LogP contribution < -0.4 is 10.6 Å². The molecular weight excluding hydrogens is 602 g/mol. The number of hydrogen-bond donors (Lipinski definition) is 0. The van der Waals surface area contributed by atoms with Crippen molar-refractivity contribution in [2.24, 2.45) is 14.1 Å². The normalized spacial score (nSPS) is 13.7. The topological polar surface area (TPSA) is 183 Å². The monoisotopic (exact) mass is 633 g/mol. The summed E-state index contributed by atoms with van der Waals surface area (Å²) in [5.74, 6) is -0.862. The zero-order valence-electron chi connectivity index (χ0n) is 25.6. The van der Waals surface area contributed by atoms with Gasteiger partial charge in [0.2, 0.25) is 0 Å². The van der Waals surface area contributed by atoms with Gasteiger partial charge >= 0.3 is 23.7 Å². The molecular formula is C29H31N9O8. The molecule has 0 aliphatic carbocycles. The van der Waals surface area contributed by atoms with Gasteiger partial charge in [0.05, 0.1) is 42.8 Å². The number of rotatable bonds is 8. The number of esters is 1. The molecule has 17 heteroatoms. The Morgan fingerprint density at radius 1 is 1.07 bits per heavy atom. The molecule has 6 rings (SSSR count). The van der Waals surface area contributed by atoms with Crippen molar-refractivity contribution in [3.8, 4) is 0 Å². The molecule has 1 saturated heterocycles. The number of imidazole rings is 3. The predicted molar refractivity (Wildman–Crippen MR) is 162 cm³/mol. The minimum absolute atomic E-state index is 0.114. The molecule has 0 bridgehead atoms. The van der Waals surface area contributed by atoms with Crippen molar-refractivity contribution in [1.29, 1.82) is 0 Å². The second-order valence-electron chi connectivity index (χ2n) is 10.8. The highest BCUT2D eigenvalue weighted by Gasteiger charge is 2.29. The van der Waals surface area contributed by atoms with E-state index in [4.69, 9.17) is 14.2 Å². The zero-order chi connectivity index (χ0) is 32.7. The number of aryl methyl sites for hydroxylation is 2. The second-order valence-corrected chi connectivity index (χ2v) is 10.8. The van der Waals surface area contributed by atoms with Crippen molar-refractivity contribution in [3.63, 3.8) is 0 Å². The maximum Gasteiger partial charge on any atom is 0.434 e. The van der Waals surface area contributed by atoms with E-state index in [9.17, 15) is 24.5 Å².